The second-order valence-electron chi connectivity index (χ2n) is 8.73. The maximum Gasteiger partial charge on any atom is 0.326 e. The van der Waals surface area contributed by atoms with Crippen LogP contribution in [0.3, 0.4) is 0 Å². The summed E-state index contributed by atoms with van der Waals surface area (Å²) in [6, 6.07) is 4.12. The second kappa shape index (κ2) is 17.7. The lowest BCUT2D eigenvalue weighted by Gasteiger charge is -2.24. The fourth-order valence-electron chi connectivity index (χ4n) is 3.48. The molecule has 13 N–H and O–H groups in total. The van der Waals surface area contributed by atoms with Crippen molar-refractivity contribution in [1.82, 2.24) is 16.0 Å². The Morgan fingerprint density at radius 3 is 2.03 bits per heavy atom. The number of guanidine groups is 1. The van der Waals surface area contributed by atoms with Crippen molar-refractivity contribution in [2.24, 2.45) is 27.9 Å². The number of aliphatic imine (C=N–C) groups is 1. The molecule has 14 nitrogen and oxygen atoms in total. The van der Waals surface area contributed by atoms with Crippen molar-refractivity contribution in [2.45, 2.75) is 62.7 Å². The van der Waals surface area contributed by atoms with Gasteiger partial charge in [0, 0.05) is 13.0 Å². The average molecular weight is 537 g/mol. The number of aliphatic hydroxyl groups is 1. The zero-order chi connectivity index (χ0) is 28.5. The number of benzene rings is 1. The maximum absolute atomic E-state index is 13.1. The maximum atomic E-state index is 13.1. The monoisotopic (exact) mass is 536 g/mol. The van der Waals surface area contributed by atoms with E-state index < -0.39 is 54.5 Å². The number of carbonyl (C=O) groups is 4. The third-order valence-electron chi connectivity index (χ3n) is 5.60. The number of aliphatic hydroxyl groups excluding tert-OH is 1. The molecule has 14 heteroatoms. The van der Waals surface area contributed by atoms with Crippen molar-refractivity contribution in [3.63, 3.8) is 0 Å². The fraction of sp³-hybridized carbons (Fsp3) is 0.542. The van der Waals surface area contributed by atoms with Crippen LogP contribution < -0.4 is 38.9 Å². The quantitative estimate of drug-likeness (QED) is 0.0531. The molecule has 0 spiro atoms. The molecule has 0 bridgehead atoms. The highest BCUT2D eigenvalue weighted by molar-refractivity contribution is 5.94. The van der Waals surface area contributed by atoms with Gasteiger partial charge in [0.25, 0.3) is 0 Å². The number of carbonyl (C=O) groups excluding carboxylic acids is 3. The van der Waals surface area contributed by atoms with Crippen molar-refractivity contribution in [2.75, 3.05) is 19.7 Å². The Hall–Kier alpha value is -3.75. The molecule has 1 rings (SSSR count). The van der Waals surface area contributed by atoms with Crippen LogP contribution in [0.1, 0.15) is 37.7 Å². The van der Waals surface area contributed by atoms with E-state index in [1.165, 1.54) is 0 Å². The lowest BCUT2D eigenvalue weighted by Crippen LogP contribution is -2.58. The number of carboxylic acids is 1. The van der Waals surface area contributed by atoms with Crippen LogP contribution in [0.25, 0.3) is 0 Å². The third-order valence-corrected chi connectivity index (χ3v) is 5.60. The molecule has 0 saturated carbocycles. The minimum atomic E-state index is -1.44. The van der Waals surface area contributed by atoms with E-state index in [0.717, 1.165) is 5.56 Å². The zero-order valence-electron chi connectivity index (χ0n) is 21.3. The molecule has 38 heavy (non-hydrogen) atoms. The number of hydrogen-bond acceptors (Lipinski definition) is 8. The number of hydrogen-bond donors (Lipinski definition) is 9. The number of rotatable bonds is 18. The van der Waals surface area contributed by atoms with Gasteiger partial charge in [-0.05, 0) is 44.2 Å². The predicted molar refractivity (Wildman–Crippen MR) is 141 cm³/mol. The molecule has 4 unspecified atom stereocenters. The van der Waals surface area contributed by atoms with Crippen molar-refractivity contribution in [3.05, 3.63) is 35.9 Å². The molecular weight excluding hydrogens is 496 g/mol. The van der Waals surface area contributed by atoms with Crippen molar-refractivity contribution < 1.29 is 29.4 Å². The molecule has 0 aliphatic carbocycles. The van der Waals surface area contributed by atoms with Crippen LogP contribution in [0, 0.1) is 0 Å². The van der Waals surface area contributed by atoms with Crippen LogP contribution in [-0.4, -0.2) is 83.7 Å². The highest BCUT2D eigenvalue weighted by atomic mass is 16.4. The molecule has 0 fully saturated rings. The van der Waals surface area contributed by atoms with Gasteiger partial charge >= 0.3 is 5.97 Å². The van der Waals surface area contributed by atoms with Crippen LogP contribution >= 0.6 is 0 Å². The van der Waals surface area contributed by atoms with Gasteiger partial charge < -0.3 is 49.1 Å². The minimum absolute atomic E-state index is 0.0738. The topological polar surface area (TPSA) is 261 Å². The van der Waals surface area contributed by atoms with Crippen molar-refractivity contribution in [1.29, 1.82) is 0 Å². The van der Waals surface area contributed by atoms with Crippen LogP contribution in [-0.2, 0) is 25.6 Å². The number of carboxylic acid groups (broad SMARTS) is 1. The molecule has 0 heterocycles. The van der Waals surface area contributed by atoms with E-state index in [2.05, 4.69) is 20.9 Å². The third kappa shape index (κ3) is 12.5. The second-order valence-corrected chi connectivity index (χ2v) is 8.73. The van der Waals surface area contributed by atoms with Crippen LogP contribution in [0.5, 0.6) is 0 Å². The Morgan fingerprint density at radius 1 is 0.842 bits per heavy atom. The Balaban J connectivity index is 2.90. The van der Waals surface area contributed by atoms with E-state index in [-0.39, 0.29) is 31.8 Å². The van der Waals surface area contributed by atoms with Crippen molar-refractivity contribution in [3.8, 4) is 0 Å². The molecule has 0 aliphatic rings. The molecule has 212 valence electrons. The van der Waals surface area contributed by atoms with Crippen LogP contribution in [0.2, 0.25) is 0 Å². The Morgan fingerprint density at radius 2 is 1.45 bits per heavy atom. The van der Waals surface area contributed by atoms with E-state index in [1.807, 2.05) is 0 Å². The summed E-state index contributed by atoms with van der Waals surface area (Å²) >= 11 is 0. The Kier molecular flexibility index (Phi) is 15.0. The summed E-state index contributed by atoms with van der Waals surface area (Å²) < 4.78 is 0. The lowest BCUT2D eigenvalue weighted by atomic mass is 10.0. The molecule has 0 aliphatic heterocycles. The van der Waals surface area contributed by atoms with Gasteiger partial charge in [0.2, 0.25) is 17.7 Å². The summed E-state index contributed by atoms with van der Waals surface area (Å²) in [6.07, 6.45) is 1.96. The number of amides is 3. The SMILES string of the molecule is NCCCCC(NC(=O)C(CO)NC(=O)C(Cc1ccccc1)NC(=O)C(N)CCCN=C(N)N)C(=O)O. The van der Waals surface area contributed by atoms with E-state index in [0.29, 0.717) is 25.8 Å². The normalized spacial score (nSPS) is 13.9. The van der Waals surface area contributed by atoms with Crippen molar-refractivity contribution >= 4 is 29.7 Å². The summed E-state index contributed by atoms with van der Waals surface area (Å²) in [7, 11) is 0. The van der Waals surface area contributed by atoms with E-state index in [9.17, 15) is 29.4 Å². The highest BCUT2D eigenvalue weighted by Crippen LogP contribution is 2.06. The first-order valence-corrected chi connectivity index (χ1v) is 12.4. The number of nitrogens with two attached hydrogens (primary N) is 4. The van der Waals surface area contributed by atoms with Gasteiger partial charge in [-0.1, -0.05) is 30.3 Å². The van der Waals surface area contributed by atoms with Gasteiger partial charge in [-0.2, -0.15) is 0 Å². The smallest absolute Gasteiger partial charge is 0.326 e. The van der Waals surface area contributed by atoms with Gasteiger partial charge in [0.1, 0.15) is 18.1 Å². The molecule has 3 amide bonds. The Labute approximate surface area is 221 Å². The summed E-state index contributed by atoms with van der Waals surface area (Å²) in [5.41, 5.74) is 22.7. The number of unbranched alkanes of at least 4 members (excludes halogenated alkanes) is 1. The predicted octanol–water partition coefficient (Wildman–Crippen LogP) is -2.73. The van der Waals surface area contributed by atoms with Gasteiger partial charge in [0.15, 0.2) is 5.96 Å². The van der Waals surface area contributed by atoms with E-state index >= 15 is 0 Å². The zero-order valence-corrected chi connectivity index (χ0v) is 21.3. The van der Waals surface area contributed by atoms with Crippen LogP contribution in [0.15, 0.2) is 35.3 Å². The molecule has 1 aromatic carbocycles. The summed E-state index contributed by atoms with van der Waals surface area (Å²) in [5, 5.41) is 26.4. The first kappa shape index (κ1) is 32.3. The molecule has 0 aromatic heterocycles. The summed E-state index contributed by atoms with van der Waals surface area (Å²) in [4.78, 5) is 53.8. The largest absolute Gasteiger partial charge is 0.480 e. The molecule has 0 radical (unpaired) electrons. The van der Waals surface area contributed by atoms with Gasteiger partial charge in [-0.3, -0.25) is 19.4 Å². The fourth-order valence-corrected chi connectivity index (χ4v) is 3.48. The first-order valence-electron chi connectivity index (χ1n) is 12.4. The number of nitrogens with one attached hydrogen (secondary N) is 3. The first-order chi connectivity index (χ1) is 18.1. The molecule has 4 atom stereocenters. The minimum Gasteiger partial charge on any atom is -0.480 e. The molecule has 1 aromatic rings. The van der Waals surface area contributed by atoms with Gasteiger partial charge in [-0.25, -0.2) is 4.79 Å². The summed E-state index contributed by atoms with van der Waals surface area (Å²) in [5.74, 6) is -3.54. The molecule has 0 saturated heterocycles. The number of nitrogens with zero attached hydrogens (tertiary/aromatic N) is 1. The van der Waals surface area contributed by atoms with E-state index in [1.54, 1.807) is 30.3 Å². The molecular formula is C24H40N8O6. The van der Waals surface area contributed by atoms with E-state index in [4.69, 9.17) is 22.9 Å². The number of aliphatic carboxylic acids is 1. The lowest BCUT2D eigenvalue weighted by molar-refractivity contribution is -0.142. The Bertz CT molecular complexity index is 926. The highest BCUT2D eigenvalue weighted by Gasteiger charge is 2.30. The average Bonchev–Trinajstić information content (AvgIpc) is 2.88. The standard InChI is InChI=1S/C24H40N8O6/c25-11-5-4-10-17(23(37)38)30-22(36)19(14-33)32-21(35)18(13-15-7-2-1-3-8-15)31-20(34)16(26)9-6-12-29-24(27)28/h1-3,7-8,16-19,33H,4-6,9-14,25-26H2,(H,30,36)(H,31,34)(H,32,35)(H,37,38)(H4,27,28,29). The van der Waals surface area contributed by atoms with Crippen LogP contribution in [0.4, 0.5) is 0 Å². The van der Waals surface area contributed by atoms with Gasteiger partial charge in [0.05, 0.1) is 12.6 Å². The summed E-state index contributed by atoms with van der Waals surface area (Å²) in [6.45, 7) is -0.124. The van der Waals surface area contributed by atoms with Gasteiger partial charge in [-0.15, -0.1) is 0 Å².